The van der Waals surface area contributed by atoms with Gasteiger partial charge in [0.25, 0.3) is 0 Å². The van der Waals surface area contributed by atoms with E-state index in [0.717, 1.165) is 0 Å². The van der Waals surface area contributed by atoms with Gasteiger partial charge in [0.2, 0.25) is 0 Å². The molecule has 0 aliphatic heterocycles. The van der Waals surface area contributed by atoms with Crippen molar-refractivity contribution in [3.05, 3.63) is 0 Å². The molecule has 2 N–H and O–H groups in total. The number of nitrogens with zero attached hydrogens (tertiary/aromatic N) is 4. The summed E-state index contributed by atoms with van der Waals surface area (Å²) in [5, 5.41) is 42.6. The molecule has 0 amide bonds. The standard InChI is InChI=1S/C12H16N4O4/c1-7(5-13)9(3-11(17)18)15-16-10(4-12(19)20)8(2)6-14/h7-10H,3-4H2,1-2H3,(H,17,18)(H,19,20). The smallest absolute Gasteiger partial charge is 0.305 e. The van der Waals surface area contributed by atoms with Crippen LogP contribution in [0.1, 0.15) is 26.7 Å². The maximum Gasteiger partial charge on any atom is 0.305 e. The molecule has 0 aromatic heterocycles. The largest absolute Gasteiger partial charge is 0.481 e. The van der Waals surface area contributed by atoms with Gasteiger partial charge in [-0.25, -0.2) is 0 Å². The van der Waals surface area contributed by atoms with Crippen LogP contribution in [-0.4, -0.2) is 34.2 Å². The van der Waals surface area contributed by atoms with Gasteiger partial charge in [0.1, 0.15) is 0 Å². The van der Waals surface area contributed by atoms with Crippen LogP contribution in [0.15, 0.2) is 10.2 Å². The topological polar surface area (TPSA) is 147 Å². The Bertz CT molecular complexity index is 421. The molecule has 0 radical (unpaired) electrons. The summed E-state index contributed by atoms with van der Waals surface area (Å²) >= 11 is 0. The summed E-state index contributed by atoms with van der Waals surface area (Å²) in [6, 6.07) is 2.04. The highest BCUT2D eigenvalue weighted by Crippen LogP contribution is 2.16. The Morgan fingerprint density at radius 2 is 1.25 bits per heavy atom. The van der Waals surface area contributed by atoms with E-state index in [1.54, 1.807) is 0 Å². The van der Waals surface area contributed by atoms with E-state index in [1.165, 1.54) is 13.8 Å². The van der Waals surface area contributed by atoms with E-state index in [1.807, 2.05) is 12.1 Å². The van der Waals surface area contributed by atoms with Crippen molar-refractivity contribution in [1.82, 2.24) is 0 Å². The van der Waals surface area contributed by atoms with E-state index in [0.29, 0.717) is 0 Å². The Kier molecular flexibility index (Phi) is 7.53. The highest BCUT2D eigenvalue weighted by Gasteiger charge is 2.23. The minimum atomic E-state index is -1.13. The molecule has 0 bridgehead atoms. The maximum atomic E-state index is 10.7. The van der Waals surface area contributed by atoms with Crippen molar-refractivity contribution in [2.45, 2.75) is 38.8 Å². The van der Waals surface area contributed by atoms with Gasteiger partial charge in [0, 0.05) is 0 Å². The number of aliphatic carboxylic acids is 2. The minimum absolute atomic E-state index is 0.376. The molecule has 0 aromatic carbocycles. The molecule has 0 heterocycles. The summed E-state index contributed by atoms with van der Waals surface area (Å²) in [4.78, 5) is 21.4. The molecule has 0 fully saturated rings. The molecule has 4 unspecified atom stereocenters. The molecule has 8 nitrogen and oxygen atoms in total. The van der Waals surface area contributed by atoms with E-state index >= 15 is 0 Å². The van der Waals surface area contributed by atoms with Gasteiger partial charge < -0.3 is 10.2 Å². The van der Waals surface area contributed by atoms with Gasteiger partial charge in [0.15, 0.2) is 0 Å². The van der Waals surface area contributed by atoms with Crippen molar-refractivity contribution < 1.29 is 19.8 Å². The average molecular weight is 280 g/mol. The van der Waals surface area contributed by atoms with Gasteiger partial charge in [-0.3, -0.25) is 9.59 Å². The number of nitriles is 2. The number of rotatable bonds is 8. The lowest BCUT2D eigenvalue weighted by atomic mass is 10.0. The SMILES string of the molecule is CC(C#N)C(CC(=O)O)N=NC(CC(=O)O)C(C)C#N. The maximum absolute atomic E-state index is 10.7. The zero-order valence-electron chi connectivity index (χ0n) is 11.2. The second kappa shape index (κ2) is 8.59. The van der Waals surface area contributed by atoms with Crippen LogP contribution in [0.4, 0.5) is 0 Å². The third-order valence-electron chi connectivity index (χ3n) is 2.69. The van der Waals surface area contributed by atoms with Gasteiger partial charge in [-0.1, -0.05) is 0 Å². The molecular weight excluding hydrogens is 264 g/mol. The second-order valence-electron chi connectivity index (χ2n) is 4.40. The minimum Gasteiger partial charge on any atom is -0.481 e. The highest BCUT2D eigenvalue weighted by molar-refractivity contribution is 5.68. The van der Waals surface area contributed by atoms with Crippen LogP contribution in [0, 0.1) is 34.5 Å². The molecule has 20 heavy (non-hydrogen) atoms. The predicted molar refractivity (Wildman–Crippen MR) is 66.5 cm³/mol. The number of carboxylic acids is 2. The Labute approximate surface area is 116 Å². The summed E-state index contributed by atoms with van der Waals surface area (Å²) in [7, 11) is 0. The molecule has 0 rings (SSSR count). The Morgan fingerprint density at radius 1 is 0.950 bits per heavy atom. The van der Waals surface area contributed by atoms with Crippen LogP contribution in [-0.2, 0) is 9.59 Å². The average Bonchev–Trinajstić information content (AvgIpc) is 2.39. The Morgan fingerprint density at radius 3 is 1.45 bits per heavy atom. The molecule has 8 heteroatoms. The first kappa shape index (κ1) is 17.5. The number of carbonyl (C=O) groups is 2. The zero-order chi connectivity index (χ0) is 15.7. The fourth-order valence-electron chi connectivity index (χ4n) is 1.34. The number of hydrogen-bond acceptors (Lipinski definition) is 6. The number of carboxylic acid groups (broad SMARTS) is 2. The first-order chi connectivity index (χ1) is 9.31. The van der Waals surface area contributed by atoms with Crippen LogP contribution in [0.5, 0.6) is 0 Å². The lowest BCUT2D eigenvalue weighted by Gasteiger charge is -2.14. The van der Waals surface area contributed by atoms with E-state index < -0.39 is 35.9 Å². The summed E-state index contributed by atoms with van der Waals surface area (Å²) < 4.78 is 0. The molecule has 0 saturated carbocycles. The normalized spacial score (nSPS) is 16.6. The van der Waals surface area contributed by atoms with Crippen molar-refractivity contribution in [2.24, 2.45) is 22.1 Å². The van der Waals surface area contributed by atoms with E-state index in [4.69, 9.17) is 20.7 Å². The molecule has 108 valence electrons. The predicted octanol–water partition coefficient (Wildman–Crippen LogP) is 1.44. The van der Waals surface area contributed by atoms with Gasteiger partial charge in [-0.2, -0.15) is 20.8 Å². The first-order valence-corrected chi connectivity index (χ1v) is 5.94. The monoisotopic (exact) mass is 280 g/mol. The van der Waals surface area contributed by atoms with Gasteiger partial charge in [-0.05, 0) is 13.8 Å². The molecular formula is C12H16N4O4. The van der Waals surface area contributed by atoms with Gasteiger partial charge in [-0.15, -0.1) is 0 Å². The van der Waals surface area contributed by atoms with Crippen LogP contribution < -0.4 is 0 Å². The van der Waals surface area contributed by atoms with E-state index in [-0.39, 0.29) is 12.8 Å². The molecule has 0 saturated heterocycles. The lowest BCUT2D eigenvalue weighted by molar-refractivity contribution is -0.138. The van der Waals surface area contributed by atoms with Crippen LogP contribution >= 0.6 is 0 Å². The molecule has 0 aromatic rings. The first-order valence-electron chi connectivity index (χ1n) is 5.94. The number of hydrogen-bond donors (Lipinski definition) is 2. The summed E-state index contributed by atoms with van der Waals surface area (Å²) in [6.07, 6.45) is -0.752. The molecule has 0 aliphatic carbocycles. The van der Waals surface area contributed by atoms with Crippen molar-refractivity contribution in [1.29, 1.82) is 10.5 Å². The van der Waals surface area contributed by atoms with Gasteiger partial charge in [0.05, 0.1) is 48.9 Å². The third-order valence-corrected chi connectivity index (χ3v) is 2.69. The highest BCUT2D eigenvalue weighted by atomic mass is 16.4. The Balaban J connectivity index is 5.03. The number of azo groups is 1. The van der Waals surface area contributed by atoms with E-state index in [9.17, 15) is 9.59 Å². The second-order valence-corrected chi connectivity index (χ2v) is 4.40. The summed E-state index contributed by atoms with van der Waals surface area (Å²) in [5.74, 6) is -3.59. The van der Waals surface area contributed by atoms with Crippen molar-refractivity contribution in [2.75, 3.05) is 0 Å². The van der Waals surface area contributed by atoms with Crippen LogP contribution in [0.25, 0.3) is 0 Å². The van der Waals surface area contributed by atoms with Crippen molar-refractivity contribution in [3.63, 3.8) is 0 Å². The Hall–Kier alpha value is -2.48. The fraction of sp³-hybridized carbons (Fsp3) is 0.667. The van der Waals surface area contributed by atoms with Crippen molar-refractivity contribution >= 4 is 11.9 Å². The van der Waals surface area contributed by atoms with Crippen LogP contribution in [0.2, 0.25) is 0 Å². The quantitative estimate of drug-likeness (QED) is 0.643. The van der Waals surface area contributed by atoms with Gasteiger partial charge >= 0.3 is 11.9 Å². The van der Waals surface area contributed by atoms with Crippen molar-refractivity contribution in [3.8, 4) is 12.1 Å². The molecule has 0 spiro atoms. The van der Waals surface area contributed by atoms with Crippen LogP contribution in [0.3, 0.4) is 0 Å². The fourth-order valence-corrected chi connectivity index (χ4v) is 1.34. The lowest BCUT2D eigenvalue weighted by Crippen LogP contribution is -2.22. The van der Waals surface area contributed by atoms with E-state index in [2.05, 4.69) is 10.2 Å². The zero-order valence-corrected chi connectivity index (χ0v) is 11.2. The third kappa shape index (κ3) is 6.45. The summed E-state index contributed by atoms with van der Waals surface area (Å²) in [5.41, 5.74) is 0. The molecule has 0 aliphatic rings. The molecule has 4 atom stereocenters. The summed E-state index contributed by atoms with van der Waals surface area (Å²) in [6.45, 7) is 3.01.